The summed E-state index contributed by atoms with van der Waals surface area (Å²) >= 11 is 2.62. The van der Waals surface area contributed by atoms with Crippen LogP contribution in [-0.4, -0.2) is 3.92 Å². The molecule has 3 atom stereocenters. The van der Waals surface area contributed by atoms with E-state index in [0.29, 0.717) is 0 Å². The van der Waals surface area contributed by atoms with Crippen molar-refractivity contribution in [2.75, 3.05) is 0 Å². The van der Waals surface area contributed by atoms with Crippen LogP contribution in [0, 0.1) is 11.8 Å². The number of fused-ring (bicyclic) bond motifs is 1. The van der Waals surface area contributed by atoms with Crippen molar-refractivity contribution < 1.29 is 0 Å². The van der Waals surface area contributed by atoms with Crippen molar-refractivity contribution in [3.05, 3.63) is 12.2 Å². The first kappa shape index (κ1) is 7.14. The van der Waals surface area contributed by atoms with Crippen molar-refractivity contribution in [1.29, 1.82) is 0 Å². The molecule has 2 aliphatic rings. The van der Waals surface area contributed by atoms with E-state index >= 15 is 0 Å². The van der Waals surface area contributed by atoms with Crippen molar-refractivity contribution in [2.45, 2.75) is 29.6 Å². The first-order chi connectivity index (χ1) is 4.88. The molecule has 56 valence electrons. The van der Waals surface area contributed by atoms with Crippen molar-refractivity contribution in [3.63, 3.8) is 0 Å². The Morgan fingerprint density at radius 3 is 3.00 bits per heavy atom. The summed E-state index contributed by atoms with van der Waals surface area (Å²) in [5.74, 6) is 1.96. The fourth-order valence-electron chi connectivity index (χ4n) is 2.22. The molecule has 0 aliphatic heterocycles. The summed E-state index contributed by atoms with van der Waals surface area (Å²) < 4.78 is 0.940. The second-order valence-electron chi connectivity index (χ2n) is 3.45. The van der Waals surface area contributed by atoms with Crippen molar-refractivity contribution in [2.24, 2.45) is 11.8 Å². The third-order valence-corrected chi connectivity index (χ3v) is 4.27. The minimum atomic E-state index is 0.939. The summed E-state index contributed by atoms with van der Waals surface area (Å²) in [6.07, 6.45) is 10.6. The lowest BCUT2D eigenvalue weighted by atomic mass is 9.81. The van der Waals surface area contributed by atoms with E-state index in [1.54, 1.807) is 0 Å². The molecule has 0 spiro atoms. The number of allylic oxidation sites excluding steroid dienone is 2. The maximum Gasteiger partial charge on any atom is 0.0175 e. The Morgan fingerprint density at radius 1 is 1.30 bits per heavy atom. The molecule has 0 amide bonds. The van der Waals surface area contributed by atoms with E-state index in [0.717, 1.165) is 15.8 Å². The van der Waals surface area contributed by atoms with E-state index < -0.39 is 0 Å². The first-order valence-corrected chi connectivity index (χ1v) is 5.43. The molecule has 0 heterocycles. The van der Waals surface area contributed by atoms with Crippen LogP contribution in [-0.2, 0) is 0 Å². The van der Waals surface area contributed by atoms with Crippen molar-refractivity contribution >= 4 is 22.6 Å². The monoisotopic (exact) mass is 248 g/mol. The van der Waals surface area contributed by atoms with Gasteiger partial charge in [-0.05, 0) is 31.1 Å². The average Bonchev–Trinajstić information content (AvgIpc) is 2.36. The van der Waals surface area contributed by atoms with Gasteiger partial charge in [-0.15, -0.1) is 0 Å². The molecule has 0 radical (unpaired) electrons. The van der Waals surface area contributed by atoms with Gasteiger partial charge in [0.2, 0.25) is 0 Å². The molecule has 0 aromatic carbocycles. The van der Waals surface area contributed by atoms with Gasteiger partial charge >= 0.3 is 0 Å². The van der Waals surface area contributed by atoms with E-state index in [4.69, 9.17) is 0 Å². The highest BCUT2D eigenvalue weighted by molar-refractivity contribution is 14.1. The van der Waals surface area contributed by atoms with E-state index in [1.165, 1.54) is 25.7 Å². The summed E-state index contributed by atoms with van der Waals surface area (Å²) in [7, 11) is 0. The molecule has 0 bridgehead atoms. The van der Waals surface area contributed by atoms with Crippen LogP contribution >= 0.6 is 22.6 Å². The normalized spacial score (nSPS) is 45.5. The summed E-state index contributed by atoms with van der Waals surface area (Å²) in [5, 5.41) is 0. The van der Waals surface area contributed by atoms with Crippen LogP contribution in [0.4, 0.5) is 0 Å². The quantitative estimate of drug-likeness (QED) is 0.351. The van der Waals surface area contributed by atoms with Gasteiger partial charge in [0, 0.05) is 3.92 Å². The van der Waals surface area contributed by atoms with Crippen molar-refractivity contribution in [3.8, 4) is 0 Å². The number of alkyl halides is 1. The number of hydrogen-bond donors (Lipinski definition) is 0. The molecule has 0 aromatic rings. The molecule has 3 unspecified atom stereocenters. The van der Waals surface area contributed by atoms with Gasteiger partial charge in [0.1, 0.15) is 0 Å². The van der Waals surface area contributed by atoms with Crippen molar-refractivity contribution in [1.82, 2.24) is 0 Å². The first-order valence-electron chi connectivity index (χ1n) is 4.18. The SMILES string of the molecule is IC1CCCC2CC=CC12. The molecule has 1 fully saturated rings. The zero-order chi connectivity index (χ0) is 6.97. The van der Waals surface area contributed by atoms with Gasteiger partial charge in [-0.3, -0.25) is 0 Å². The largest absolute Gasteiger partial charge is 0.0879 e. The minimum absolute atomic E-state index is 0.939. The van der Waals surface area contributed by atoms with E-state index in [9.17, 15) is 0 Å². The Hall–Kier alpha value is 0.470. The average molecular weight is 248 g/mol. The van der Waals surface area contributed by atoms with Gasteiger partial charge in [-0.2, -0.15) is 0 Å². The van der Waals surface area contributed by atoms with Crippen LogP contribution in [0.1, 0.15) is 25.7 Å². The fourth-order valence-corrected chi connectivity index (χ4v) is 3.49. The Balaban J connectivity index is 2.08. The maximum absolute atomic E-state index is 2.62. The Bertz CT molecular complexity index is 151. The Morgan fingerprint density at radius 2 is 2.20 bits per heavy atom. The molecule has 0 N–H and O–H groups in total. The van der Waals surface area contributed by atoms with E-state index in [-0.39, 0.29) is 0 Å². The molecule has 0 aromatic heterocycles. The molecule has 0 saturated heterocycles. The van der Waals surface area contributed by atoms with Gasteiger partial charge < -0.3 is 0 Å². The summed E-state index contributed by atoms with van der Waals surface area (Å²) in [5.41, 5.74) is 0. The highest BCUT2D eigenvalue weighted by atomic mass is 127. The zero-order valence-corrected chi connectivity index (χ0v) is 8.25. The molecule has 2 rings (SSSR count). The lowest BCUT2D eigenvalue weighted by Gasteiger charge is -2.29. The molecular weight excluding hydrogens is 235 g/mol. The standard InChI is InChI=1S/C9H13I/c10-9-6-2-4-7-3-1-5-8(7)9/h1,5,7-9H,2-4,6H2. The molecule has 1 heteroatoms. The summed E-state index contributed by atoms with van der Waals surface area (Å²) in [6, 6.07) is 0. The van der Waals surface area contributed by atoms with Crippen LogP contribution in [0.5, 0.6) is 0 Å². The topological polar surface area (TPSA) is 0 Å². The summed E-state index contributed by atoms with van der Waals surface area (Å²) in [6.45, 7) is 0. The number of hydrogen-bond acceptors (Lipinski definition) is 0. The van der Waals surface area contributed by atoms with Gasteiger partial charge in [0.05, 0.1) is 0 Å². The van der Waals surface area contributed by atoms with Crippen LogP contribution in [0.2, 0.25) is 0 Å². The molecular formula is C9H13I. The number of halogens is 1. The van der Waals surface area contributed by atoms with Gasteiger partial charge in [0.25, 0.3) is 0 Å². The van der Waals surface area contributed by atoms with Gasteiger partial charge in [-0.25, -0.2) is 0 Å². The smallest absolute Gasteiger partial charge is 0.0175 e. The number of rotatable bonds is 0. The molecule has 1 saturated carbocycles. The van der Waals surface area contributed by atoms with Gasteiger partial charge in [-0.1, -0.05) is 41.2 Å². The Kier molecular flexibility index (Phi) is 2.03. The lowest BCUT2D eigenvalue weighted by molar-refractivity contribution is 0.321. The molecule has 10 heavy (non-hydrogen) atoms. The van der Waals surface area contributed by atoms with Crippen LogP contribution in [0.3, 0.4) is 0 Å². The Labute approximate surface area is 76.2 Å². The zero-order valence-electron chi connectivity index (χ0n) is 6.09. The third-order valence-electron chi connectivity index (χ3n) is 2.81. The highest BCUT2D eigenvalue weighted by Crippen LogP contribution is 2.41. The molecule has 0 nitrogen and oxygen atoms in total. The van der Waals surface area contributed by atoms with Crippen LogP contribution < -0.4 is 0 Å². The van der Waals surface area contributed by atoms with Gasteiger partial charge in [0.15, 0.2) is 0 Å². The minimum Gasteiger partial charge on any atom is -0.0879 e. The second kappa shape index (κ2) is 2.84. The lowest BCUT2D eigenvalue weighted by Crippen LogP contribution is -2.23. The van der Waals surface area contributed by atoms with E-state index in [2.05, 4.69) is 34.7 Å². The van der Waals surface area contributed by atoms with Crippen LogP contribution in [0.15, 0.2) is 12.2 Å². The predicted octanol–water partition coefficient (Wildman–Crippen LogP) is 3.17. The fraction of sp³-hybridized carbons (Fsp3) is 0.778. The van der Waals surface area contributed by atoms with Crippen LogP contribution in [0.25, 0.3) is 0 Å². The maximum atomic E-state index is 2.62. The predicted molar refractivity (Wildman–Crippen MR) is 52.4 cm³/mol. The molecule has 2 aliphatic carbocycles. The third kappa shape index (κ3) is 1.13. The highest BCUT2D eigenvalue weighted by Gasteiger charge is 2.31. The second-order valence-corrected chi connectivity index (χ2v) is 5.05. The van der Waals surface area contributed by atoms with E-state index in [1.807, 2.05) is 0 Å². The summed E-state index contributed by atoms with van der Waals surface area (Å²) in [4.78, 5) is 0.